The van der Waals surface area contributed by atoms with Gasteiger partial charge in [-0.05, 0) is 43.9 Å². The van der Waals surface area contributed by atoms with Crippen LogP contribution in [0, 0.1) is 11.8 Å². The highest BCUT2D eigenvalue weighted by Gasteiger charge is 2.34. The van der Waals surface area contributed by atoms with Gasteiger partial charge >= 0.3 is 5.97 Å². The summed E-state index contributed by atoms with van der Waals surface area (Å²) in [5.74, 6) is 0.844. The van der Waals surface area contributed by atoms with Crippen molar-refractivity contribution in [1.29, 1.82) is 0 Å². The van der Waals surface area contributed by atoms with Crippen LogP contribution >= 0.6 is 0 Å². The van der Waals surface area contributed by atoms with Gasteiger partial charge in [0.2, 0.25) is 10.0 Å². The number of carbonyl (C=O) groups is 1. The largest absolute Gasteiger partial charge is 0.469 e. The van der Waals surface area contributed by atoms with E-state index in [-0.39, 0.29) is 18.1 Å². The molecule has 110 valence electrons. The van der Waals surface area contributed by atoms with Crippen molar-refractivity contribution in [2.24, 2.45) is 11.8 Å². The predicted molar refractivity (Wildman–Crippen MR) is 72.1 cm³/mol. The zero-order valence-corrected chi connectivity index (χ0v) is 12.3. The highest BCUT2D eigenvalue weighted by Crippen LogP contribution is 2.34. The minimum Gasteiger partial charge on any atom is -0.469 e. The van der Waals surface area contributed by atoms with Gasteiger partial charge in [0.1, 0.15) is 0 Å². The molecule has 0 spiro atoms. The lowest BCUT2D eigenvalue weighted by atomic mass is 10.3. The van der Waals surface area contributed by atoms with Crippen molar-refractivity contribution >= 4 is 16.0 Å². The SMILES string of the molecule is COC(=O)CCCS(=O)(=O)N(CC1CC1)CC1CC1. The van der Waals surface area contributed by atoms with E-state index in [0.717, 1.165) is 25.7 Å². The van der Waals surface area contributed by atoms with Crippen LogP contribution in [0.25, 0.3) is 0 Å². The van der Waals surface area contributed by atoms with Crippen LogP contribution in [0.4, 0.5) is 0 Å². The lowest BCUT2D eigenvalue weighted by Gasteiger charge is -2.21. The Hall–Kier alpha value is -0.620. The monoisotopic (exact) mass is 289 g/mol. The van der Waals surface area contributed by atoms with E-state index >= 15 is 0 Å². The molecule has 6 heteroatoms. The minimum atomic E-state index is -3.21. The van der Waals surface area contributed by atoms with Crippen LogP contribution in [-0.4, -0.2) is 44.6 Å². The Kier molecular flexibility index (Phi) is 4.84. The molecule has 5 nitrogen and oxygen atoms in total. The van der Waals surface area contributed by atoms with E-state index in [9.17, 15) is 13.2 Å². The molecule has 0 aromatic rings. The van der Waals surface area contributed by atoms with Gasteiger partial charge in [-0.2, -0.15) is 0 Å². The molecule has 0 aromatic carbocycles. The maximum atomic E-state index is 12.3. The summed E-state index contributed by atoms with van der Waals surface area (Å²) < 4.78 is 30.8. The summed E-state index contributed by atoms with van der Waals surface area (Å²) in [6, 6.07) is 0. The summed E-state index contributed by atoms with van der Waals surface area (Å²) in [5.41, 5.74) is 0. The molecule has 0 atom stereocenters. The molecule has 2 rings (SSSR count). The summed E-state index contributed by atoms with van der Waals surface area (Å²) in [6.07, 6.45) is 5.13. The molecule has 0 radical (unpaired) electrons. The van der Waals surface area contributed by atoms with Gasteiger partial charge in [-0.1, -0.05) is 0 Å². The van der Waals surface area contributed by atoms with Gasteiger partial charge < -0.3 is 4.74 Å². The van der Waals surface area contributed by atoms with Crippen molar-refractivity contribution in [2.75, 3.05) is 26.0 Å². The molecule has 2 fully saturated rings. The highest BCUT2D eigenvalue weighted by molar-refractivity contribution is 7.89. The highest BCUT2D eigenvalue weighted by atomic mass is 32.2. The zero-order valence-electron chi connectivity index (χ0n) is 11.5. The molecule has 2 saturated carbocycles. The van der Waals surface area contributed by atoms with E-state index in [1.54, 1.807) is 4.31 Å². The fourth-order valence-corrected chi connectivity index (χ4v) is 3.75. The van der Waals surface area contributed by atoms with E-state index < -0.39 is 10.0 Å². The zero-order chi connectivity index (χ0) is 13.9. The Bertz CT molecular complexity index is 398. The van der Waals surface area contributed by atoms with Gasteiger partial charge in [-0.3, -0.25) is 4.79 Å². The average molecular weight is 289 g/mol. The minimum absolute atomic E-state index is 0.0571. The van der Waals surface area contributed by atoms with Crippen molar-refractivity contribution in [3.8, 4) is 0 Å². The molecule has 0 amide bonds. The summed E-state index contributed by atoms with van der Waals surface area (Å²) >= 11 is 0. The number of carbonyl (C=O) groups excluding carboxylic acids is 1. The second-order valence-electron chi connectivity index (χ2n) is 5.70. The van der Waals surface area contributed by atoms with Gasteiger partial charge in [0.05, 0.1) is 12.9 Å². The van der Waals surface area contributed by atoms with Crippen LogP contribution in [0.5, 0.6) is 0 Å². The number of esters is 1. The van der Waals surface area contributed by atoms with Gasteiger partial charge in [-0.25, -0.2) is 12.7 Å². The van der Waals surface area contributed by atoms with E-state index in [2.05, 4.69) is 4.74 Å². The third-order valence-corrected chi connectivity index (χ3v) is 5.61. The van der Waals surface area contributed by atoms with Crippen molar-refractivity contribution in [2.45, 2.75) is 38.5 Å². The standard InChI is InChI=1S/C13H23NO4S/c1-18-13(15)3-2-8-19(16,17)14(9-11-4-5-11)10-12-6-7-12/h11-12H,2-10H2,1H3. The Balaban J connectivity index is 1.83. The topological polar surface area (TPSA) is 63.7 Å². The fraction of sp³-hybridized carbons (Fsp3) is 0.923. The third-order valence-electron chi connectivity index (χ3n) is 3.72. The molecule has 0 bridgehead atoms. The van der Waals surface area contributed by atoms with Crippen molar-refractivity contribution in [3.63, 3.8) is 0 Å². The van der Waals surface area contributed by atoms with Crippen LogP contribution in [0.15, 0.2) is 0 Å². The van der Waals surface area contributed by atoms with Crippen molar-refractivity contribution in [1.82, 2.24) is 4.31 Å². The molecular formula is C13H23NO4S. The number of nitrogens with zero attached hydrogens (tertiary/aromatic N) is 1. The van der Waals surface area contributed by atoms with Crippen LogP contribution in [0.3, 0.4) is 0 Å². The van der Waals surface area contributed by atoms with E-state index in [0.29, 0.717) is 31.3 Å². The summed E-state index contributed by atoms with van der Waals surface area (Å²) in [7, 11) is -1.89. The Morgan fingerprint density at radius 1 is 1.16 bits per heavy atom. The first-order chi connectivity index (χ1) is 9.01. The molecule has 0 N–H and O–H groups in total. The Labute approximate surface area is 115 Å². The molecule has 19 heavy (non-hydrogen) atoms. The average Bonchev–Trinajstić information content (AvgIpc) is 3.22. The smallest absolute Gasteiger partial charge is 0.305 e. The van der Waals surface area contributed by atoms with Crippen LogP contribution in [0.2, 0.25) is 0 Å². The Morgan fingerprint density at radius 2 is 1.68 bits per heavy atom. The van der Waals surface area contributed by atoms with Gasteiger partial charge in [0, 0.05) is 19.5 Å². The summed E-state index contributed by atoms with van der Waals surface area (Å²) in [4.78, 5) is 11.0. The maximum absolute atomic E-state index is 12.3. The van der Waals surface area contributed by atoms with Crippen LogP contribution in [0.1, 0.15) is 38.5 Å². The fourth-order valence-electron chi connectivity index (χ4n) is 2.11. The van der Waals surface area contributed by atoms with Gasteiger partial charge in [0.25, 0.3) is 0 Å². The van der Waals surface area contributed by atoms with E-state index in [1.165, 1.54) is 7.11 Å². The lowest BCUT2D eigenvalue weighted by Crippen LogP contribution is -2.36. The molecule has 2 aliphatic rings. The van der Waals surface area contributed by atoms with E-state index in [1.807, 2.05) is 0 Å². The Morgan fingerprint density at radius 3 is 2.11 bits per heavy atom. The molecule has 0 aliphatic heterocycles. The molecule has 2 aliphatic carbocycles. The first-order valence-corrected chi connectivity index (χ1v) is 8.67. The lowest BCUT2D eigenvalue weighted by molar-refractivity contribution is -0.140. The third kappa shape index (κ3) is 5.10. The van der Waals surface area contributed by atoms with Crippen molar-refractivity contribution < 1.29 is 17.9 Å². The quantitative estimate of drug-likeness (QED) is 0.602. The molecule has 0 heterocycles. The van der Waals surface area contributed by atoms with Crippen LogP contribution in [-0.2, 0) is 19.6 Å². The van der Waals surface area contributed by atoms with Crippen LogP contribution < -0.4 is 0 Å². The number of sulfonamides is 1. The second-order valence-corrected chi connectivity index (χ2v) is 7.79. The molecule has 0 saturated heterocycles. The number of rotatable bonds is 9. The van der Waals surface area contributed by atoms with Gasteiger partial charge in [-0.15, -0.1) is 0 Å². The van der Waals surface area contributed by atoms with Crippen molar-refractivity contribution in [3.05, 3.63) is 0 Å². The first-order valence-electron chi connectivity index (χ1n) is 7.06. The first kappa shape index (κ1) is 14.8. The number of methoxy groups -OCH3 is 1. The molecule has 0 aromatic heterocycles. The van der Waals surface area contributed by atoms with Gasteiger partial charge in [0.15, 0.2) is 0 Å². The predicted octanol–water partition coefficient (Wildman–Crippen LogP) is 1.39. The number of hydrogen-bond acceptors (Lipinski definition) is 4. The molecular weight excluding hydrogens is 266 g/mol. The summed E-state index contributed by atoms with van der Waals surface area (Å²) in [5, 5.41) is 0. The van der Waals surface area contributed by atoms with E-state index in [4.69, 9.17) is 0 Å². The number of ether oxygens (including phenoxy) is 1. The molecule has 0 unspecified atom stereocenters. The normalized spacial score (nSPS) is 19.7. The second kappa shape index (κ2) is 6.22. The summed E-state index contributed by atoms with van der Waals surface area (Å²) in [6.45, 7) is 1.36. The number of hydrogen-bond donors (Lipinski definition) is 0. The maximum Gasteiger partial charge on any atom is 0.305 e.